The third-order valence-corrected chi connectivity index (χ3v) is 4.96. The van der Waals surface area contributed by atoms with E-state index < -0.39 is 0 Å². The monoisotopic (exact) mass is 300 g/mol. The fourth-order valence-electron chi connectivity index (χ4n) is 3.21. The summed E-state index contributed by atoms with van der Waals surface area (Å²) < 4.78 is 6.00. The minimum absolute atomic E-state index is 0.634. The minimum atomic E-state index is 0.634. The zero-order valence-electron chi connectivity index (χ0n) is 14.6. The molecule has 1 aromatic carbocycles. The summed E-state index contributed by atoms with van der Waals surface area (Å²) in [6.07, 6.45) is 11.6. The van der Waals surface area contributed by atoms with Gasteiger partial charge in [-0.3, -0.25) is 0 Å². The number of hydrogen-bond donors (Lipinski definition) is 0. The van der Waals surface area contributed by atoms with Crippen molar-refractivity contribution in [2.24, 2.45) is 5.92 Å². The second kappa shape index (κ2) is 9.02. The van der Waals surface area contributed by atoms with Crippen LogP contribution in [0.25, 0.3) is 0 Å². The van der Waals surface area contributed by atoms with E-state index in [2.05, 4.69) is 51.1 Å². The maximum Gasteiger partial charge on any atom is 0.119 e. The van der Waals surface area contributed by atoms with Gasteiger partial charge in [0.05, 0.1) is 0 Å². The van der Waals surface area contributed by atoms with Crippen molar-refractivity contribution in [1.29, 1.82) is 0 Å². The number of ether oxygens (including phenoxy) is 1. The first-order valence-electron chi connectivity index (χ1n) is 9.15. The van der Waals surface area contributed by atoms with Gasteiger partial charge in [-0.15, -0.1) is 0 Å². The molecule has 122 valence electrons. The molecule has 1 nitrogen and oxygen atoms in total. The van der Waals surface area contributed by atoms with Crippen LogP contribution in [0.5, 0.6) is 5.75 Å². The van der Waals surface area contributed by atoms with Gasteiger partial charge in [-0.25, -0.2) is 0 Å². The Hall–Kier alpha value is -1.24. The van der Waals surface area contributed by atoms with Crippen LogP contribution in [-0.4, -0.2) is 6.61 Å². The van der Waals surface area contributed by atoms with E-state index in [1.807, 2.05) is 0 Å². The molecule has 0 radical (unpaired) electrons. The maximum absolute atomic E-state index is 6.00. The fraction of sp³-hybridized carbons (Fsp3) is 0.619. The van der Waals surface area contributed by atoms with Gasteiger partial charge in [0, 0.05) is 0 Å². The van der Waals surface area contributed by atoms with Gasteiger partial charge < -0.3 is 4.74 Å². The Balaban J connectivity index is 1.85. The van der Waals surface area contributed by atoms with E-state index in [0.717, 1.165) is 18.3 Å². The average Bonchev–Trinajstić information content (AvgIpc) is 2.58. The first kappa shape index (κ1) is 17.1. The van der Waals surface area contributed by atoms with Crippen LogP contribution < -0.4 is 4.74 Å². The molecule has 1 aliphatic carbocycles. The van der Waals surface area contributed by atoms with Crippen molar-refractivity contribution in [2.75, 3.05) is 6.61 Å². The summed E-state index contributed by atoms with van der Waals surface area (Å²) in [7, 11) is 0. The highest BCUT2D eigenvalue weighted by molar-refractivity contribution is 5.29. The van der Waals surface area contributed by atoms with Gasteiger partial charge in [0.2, 0.25) is 0 Å². The molecule has 0 bridgehead atoms. The van der Waals surface area contributed by atoms with Crippen molar-refractivity contribution < 1.29 is 4.74 Å². The molecule has 0 fully saturated rings. The summed E-state index contributed by atoms with van der Waals surface area (Å²) in [5.74, 6) is 2.43. The van der Waals surface area contributed by atoms with Gasteiger partial charge in [-0.1, -0.05) is 51.8 Å². The molecule has 0 amide bonds. The van der Waals surface area contributed by atoms with Gasteiger partial charge in [0.15, 0.2) is 0 Å². The van der Waals surface area contributed by atoms with Gasteiger partial charge in [-0.05, 0) is 67.2 Å². The molecule has 2 unspecified atom stereocenters. The van der Waals surface area contributed by atoms with Gasteiger partial charge in [0.25, 0.3) is 0 Å². The minimum Gasteiger partial charge on any atom is -0.489 e. The number of rotatable bonds is 8. The van der Waals surface area contributed by atoms with E-state index in [-0.39, 0.29) is 0 Å². The lowest BCUT2D eigenvalue weighted by Crippen LogP contribution is -2.10. The lowest BCUT2D eigenvalue weighted by atomic mass is 9.87. The molecule has 0 spiro atoms. The number of allylic oxidation sites excluding steroid dienone is 1. The third kappa shape index (κ3) is 5.19. The summed E-state index contributed by atoms with van der Waals surface area (Å²) >= 11 is 0. The largest absolute Gasteiger partial charge is 0.489 e. The molecule has 0 saturated heterocycles. The molecule has 22 heavy (non-hydrogen) atoms. The highest BCUT2D eigenvalue weighted by Crippen LogP contribution is 2.27. The second-order valence-corrected chi connectivity index (χ2v) is 6.79. The van der Waals surface area contributed by atoms with Crippen molar-refractivity contribution in [3.63, 3.8) is 0 Å². The van der Waals surface area contributed by atoms with Crippen LogP contribution in [0.3, 0.4) is 0 Å². The molecule has 0 saturated carbocycles. The van der Waals surface area contributed by atoms with Crippen molar-refractivity contribution in [1.82, 2.24) is 0 Å². The van der Waals surface area contributed by atoms with E-state index in [1.165, 1.54) is 56.1 Å². The third-order valence-electron chi connectivity index (χ3n) is 4.96. The Labute approximate surface area is 136 Å². The van der Waals surface area contributed by atoms with Crippen LogP contribution in [0.1, 0.15) is 77.2 Å². The highest BCUT2D eigenvalue weighted by atomic mass is 16.5. The second-order valence-electron chi connectivity index (χ2n) is 6.79. The summed E-state index contributed by atoms with van der Waals surface area (Å²) in [6.45, 7) is 7.56. The number of benzene rings is 1. The lowest BCUT2D eigenvalue weighted by molar-refractivity contribution is 0.336. The Morgan fingerprint density at radius 1 is 1.18 bits per heavy atom. The number of unbranched alkanes of at least 4 members (excludes halogenated alkanes) is 1. The van der Waals surface area contributed by atoms with E-state index in [4.69, 9.17) is 4.74 Å². The Morgan fingerprint density at radius 2 is 1.95 bits per heavy atom. The maximum atomic E-state index is 6.00. The summed E-state index contributed by atoms with van der Waals surface area (Å²) in [5.41, 5.74) is 2.91. The summed E-state index contributed by atoms with van der Waals surface area (Å²) in [5, 5.41) is 0. The molecular formula is C21H32O. The molecule has 0 aliphatic heterocycles. The summed E-state index contributed by atoms with van der Waals surface area (Å²) in [4.78, 5) is 0. The topological polar surface area (TPSA) is 9.23 Å². The Kier molecular flexibility index (Phi) is 7.02. The van der Waals surface area contributed by atoms with Crippen LogP contribution >= 0.6 is 0 Å². The number of hydrogen-bond acceptors (Lipinski definition) is 1. The van der Waals surface area contributed by atoms with E-state index in [1.54, 1.807) is 0 Å². The standard InChI is InChI=1S/C21H32O/c1-4-6-8-18-9-7-10-19(15-18)16-22-21-13-11-20(12-14-21)17(3)5-2/h11-15,17-18H,4-10,16H2,1-3H3. The lowest BCUT2D eigenvalue weighted by Gasteiger charge is -2.21. The predicted molar refractivity (Wildman–Crippen MR) is 95.6 cm³/mol. The molecule has 2 atom stereocenters. The van der Waals surface area contributed by atoms with Crippen LogP contribution in [0.4, 0.5) is 0 Å². The first-order chi connectivity index (χ1) is 10.7. The van der Waals surface area contributed by atoms with Gasteiger partial charge >= 0.3 is 0 Å². The Bertz CT molecular complexity index is 457. The zero-order chi connectivity index (χ0) is 15.8. The van der Waals surface area contributed by atoms with Gasteiger partial charge in [0.1, 0.15) is 12.4 Å². The van der Waals surface area contributed by atoms with E-state index in [0.29, 0.717) is 5.92 Å². The van der Waals surface area contributed by atoms with Crippen LogP contribution in [0.2, 0.25) is 0 Å². The Morgan fingerprint density at radius 3 is 2.64 bits per heavy atom. The summed E-state index contributed by atoms with van der Waals surface area (Å²) in [6, 6.07) is 8.67. The molecule has 0 heterocycles. The van der Waals surface area contributed by atoms with E-state index in [9.17, 15) is 0 Å². The van der Waals surface area contributed by atoms with Crippen molar-refractivity contribution >= 4 is 0 Å². The molecule has 0 N–H and O–H groups in total. The average molecular weight is 300 g/mol. The SMILES string of the molecule is CCCCC1C=C(COc2ccc(C(C)CC)cc2)CCC1. The highest BCUT2D eigenvalue weighted by Gasteiger charge is 2.13. The van der Waals surface area contributed by atoms with Gasteiger partial charge in [-0.2, -0.15) is 0 Å². The predicted octanol–water partition coefficient (Wildman–Crippen LogP) is 6.50. The molecular weight excluding hydrogens is 268 g/mol. The quantitative estimate of drug-likeness (QED) is 0.498. The normalized spacial score (nSPS) is 19.6. The van der Waals surface area contributed by atoms with Crippen molar-refractivity contribution in [2.45, 2.75) is 71.6 Å². The first-order valence-corrected chi connectivity index (χ1v) is 9.15. The van der Waals surface area contributed by atoms with Crippen molar-refractivity contribution in [3.8, 4) is 5.75 Å². The van der Waals surface area contributed by atoms with Crippen molar-refractivity contribution in [3.05, 3.63) is 41.5 Å². The molecule has 0 aromatic heterocycles. The molecule has 1 aliphatic rings. The molecule has 1 aromatic rings. The van der Waals surface area contributed by atoms with E-state index >= 15 is 0 Å². The molecule has 2 rings (SSSR count). The fourth-order valence-corrected chi connectivity index (χ4v) is 3.21. The molecule has 1 heteroatoms. The van der Waals surface area contributed by atoms with Crippen LogP contribution in [-0.2, 0) is 0 Å². The van der Waals surface area contributed by atoms with Crippen LogP contribution in [0.15, 0.2) is 35.9 Å². The zero-order valence-corrected chi connectivity index (χ0v) is 14.6. The smallest absolute Gasteiger partial charge is 0.119 e. The van der Waals surface area contributed by atoms with Crippen LogP contribution in [0, 0.1) is 5.92 Å².